The van der Waals surface area contributed by atoms with Gasteiger partial charge in [-0.2, -0.15) is 0 Å². The third kappa shape index (κ3) is 17.4. The summed E-state index contributed by atoms with van der Waals surface area (Å²) in [7, 11) is -10.00. The molecule has 2 aromatic rings. The van der Waals surface area contributed by atoms with E-state index in [1.54, 1.807) is 13.8 Å². The minimum atomic E-state index is -5.03. The van der Waals surface area contributed by atoms with Crippen LogP contribution in [0.1, 0.15) is 61.8 Å². The Morgan fingerprint density at radius 1 is 0.864 bits per heavy atom. The van der Waals surface area contributed by atoms with Crippen LogP contribution in [-0.2, 0) is 41.0 Å². The number of phosphoric acid groups is 2. The third-order valence-corrected chi connectivity index (χ3v) is 5.54. The molecule has 19 nitrogen and oxygen atoms in total. The van der Waals surface area contributed by atoms with Gasteiger partial charge in [0.05, 0.1) is 35.7 Å². The van der Waals surface area contributed by atoms with Crippen molar-refractivity contribution in [3.63, 3.8) is 0 Å². The van der Waals surface area contributed by atoms with Gasteiger partial charge in [0, 0.05) is 29.9 Å². The van der Waals surface area contributed by atoms with Gasteiger partial charge in [0.25, 0.3) is 0 Å². The molecule has 0 aromatic carbocycles. The molecule has 10 N–H and O–H groups in total. The Labute approximate surface area is 287 Å². The van der Waals surface area contributed by atoms with Crippen LogP contribution in [0, 0.1) is 13.8 Å². The van der Waals surface area contributed by atoms with Crippen molar-refractivity contribution in [2.75, 3.05) is 0 Å². The molecule has 0 radical (unpaired) electrons. The number of aryl methyl sites for hydroxylation is 2. The smallest absolute Gasteiger partial charge is 1.00 e. The summed E-state index contributed by atoms with van der Waals surface area (Å²) < 4.78 is 27.8. The second-order valence-corrected chi connectivity index (χ2v) is 10.1. The topological polar surface area (TPSA) is 335 Å². The van der Waals surface area contributed by atoms with Crippen molar-refractivity contribution in [2.45, 2.75) is 45.9 Å². The number of hydrogen-bond donors (Lipinski definition) is 9. The first-order valence-corrected chi connectivity index (χ1v) is 14.2. The van der Waals surface area contributed by atoms with Gasteiger partial charge in [-0.05, 0) is 20.3 Å². The van der Waals surface area contributed by atoms with Crippen LogP contribution < -0.4 is 5.73 Å². The molecule has 0 saturated heterocycles. The maximum absolute atomic E-state index is 10.9. The van der Waals surface area contributed by atoms with E-state index in [-0.39, 0.29) is 87.7 Å². The molecule has 0 saturated carbocycles. The van der Waals surface area contributed by atoms with Crippen LogP contribution in [-0.4, -0.2) is 127 Å². The van der Waals surface area contributed by atoms with Gasteiger partial charge in [-0.3, -0.25) is 43.9 Å². The van der Waals surface area contributed by atoms with Gasteiger partial charge in [-0.1, -0.05) is 0 Å². The quantitative estimate of drug-likeness (QED) is 0.0805. The number of aromatic nitrogens is 2. The largest absolute Gasteiger partial charge is 2.00 e. The number of aliphatic hydroxyl groups excluding tert-OH is 2. The number of aromatic hydroxyl groups is 2. The monoisotopic (exact) mass is 693 g/mol. The van der Waals surface area contributed by atoms with Crippen molar-refractivity contribution in [1.82, 2.24) is 9.97 Å². The zero-order valence-electron chi connectivity index (χ0n) is 27.3. The molecule has 242 valence electrons. The number of hydrogen-bond acceptors (Lipinski definition) is 15. The van der Waals surface area contributed by atoms with E-state index in [0.29, 0.717) is 35.1 Å². The number of carbonyl (C=O) groups excluding carboxylic acids is 4. The van der Waals surface area contributed by atoms with Crippen molar-refractivity contribution < 1.29 is 83.1 Å². The van der Waals surface area contributed by atoms with E-state index in [0.717, 1.165) is 0 Å². The summed E-state index contributed by atoms with van der Waals surface area (Å²) in [4.78, 5) is 83.3. The van der Waals surface area contributed by atoms with Crippen molar-refractivity contribution >= 4 is 86.3 Å². The number of aliphatic hydroxyl groups is 2. The third-order valence-electron chi connectivity index (χ3n) is 4.68. The molecule has 1 atom stereocenters. The Hall–Kier alpha value is -2.11. The average Bonchev–Trinajstić information content (AvgIpc) is 2.89. The van der Waals surface area contributed by atoms with Gasteiger partial charge in [-0.15, -0.1) is 0 Å². The van der Waals surface area contributed by atoms with Crippen molar-refractivity contribution in [1.29, 1.82) is 0 Å². The van der Waals surface area contributed by atoms with Crippen molar-refractivity contribution in [3.8, 4) is 11.5 Å². The predicted octanol–water partition coefficient (Wildman–Crippen LogP) is -1.15. The van der Waals surface area contributed by atoms with Crippen molar-refractivity contribution in [3.05, 3.63) is 46.0 Å². The van der Waals surface area contributed by atoms with Crippen LogP contribution in [0.15, 0.2) is 12.4 Å². The fourth-order valence-electron chi connectivity index (χ4n) is 2.57. The van der Waals surface area contributed by atoms with E-state index >= 15 is 0 Å². The second-order valence-electron chi connectivity index (χ2n) is 7.81. The van der Waals surface area contributed by atoms with Gasteiger partial charge in [0.15, 0.2) is 12.6 Å². The number of rotatable bonds is 10. The molecule has 0 amide bonds. The number of carbonyl (C=O) groups is 4. The molecule has 44 heavy (non-hydrogen) atoms. The van der Waals surface area contributed by atoms with Crippen LogP contribution >= 0.6 is 15.6 Å². The van der Waals surface area contributed by atoms with Gasteiger partial charge >= 0.3 is 73.7 Å². The van der Waals surface area contributed by atoms with Crippen LogP contribution in [0.25, 0.3) is 0 Å². The molecule has 0 aliphatic heterocycles. The second kappa shape index (κ2) is 21.6. The Morgan fingerprint density at radius 2 is 1.23 bits per heavy atom. The van der Waals surface area contributed by atoms with Gasteiger partial charge in [0.1, 0.15) is 17.5 Å². The fraction of sp³-hybridized carbons (Fsp3) is 0.333. The zero-order chi connectivity index (χ0) is 32.8. The minimum Gasteiger partial charge on any atom is -1.00 e. The molecule has 0 aliphatic rings. The molecule has 0 bridgehead atoms. The molecule has 0 spiro atoms. The summed E-state index contributed by atoms with van der Waals surface area (Å²) in [6.45, 7) is 2.58. The molecule has 0 unspecified atom stereocenters. The molecular weight excluding hydrogens is 661 g/mol. The average molecular weight is 694 g/mol. The van der Waals surface area contributed by atoms with E-state index in [4.69, 9.17) is 35.5 Å². The summed E-state index contributed by atoms with van der Waals surface area (Å²) in [6.07, 6.45) is 2.67. The van der Waals surface area contributed by atoms with Gasteiger partial charge < -0.3 is 40.9 Å². The van der Waals surface area contributed by atoms with E-state index in [9.17, 15) is 38.5 Å². The Balaban J connectivity index is -0.000000101. The Kier molecular flexibility index (Phi) is 22.7. The fourth-order valence-corrected chi connectivity index (χ4v) is 3.30. The first kappa shape index (κ1) is 46.3. The summed E-state index contributed by atoms with van der Waals surface area (Å²) >= 11 is 0. The number of nitrogens with two attached hydrogens (primary N) is 1. The van der Waals surface area contributed by atoms with Crippen LogP contribution in [0.4, 0.5) is 0 Å². The predicted molar refractivity (Wildman–Crippen MR) is 153 cm³/mol. The van der Waals surface area contributed by atoms with Gasteiger partial charge in [0.2, 0.25) is 0 Å². The zero-order valence-corrected chi connectivity index (χ0v) is 28.0. The van der Waals surface area contributed by atoms with E-state index in [1.807, 2.05) is 0 Å². The van der Waals surface area contributed by atoms with E-state index < -0.39 is 46.5 Å². The van der Waals surface area contributed by atoms with E-state index in [2.05, 4.69) is 19.0 Å². The Bertz CT molecular complexity index is 1330. The Morgan fingerprint density at radius 3 is 1.52 bits per heavy atom. The van der Waals surface area contributed by atoms with Crippen molar-refractivity contribution in [2.24, 2.45) is 5.73 Å². The molecule has 2 rings (SSSR count). The SMILES string of the molecule is Cc1ncc(CO)c(C=O)c1O.Cc1ncc(CO)c(C=O)c1O.N[C@@H](CCC(=O)OP(=O)(O)O)C(=O)OP(=O)(O)O.[H-].[H-].[H-].[H-].[Mg+2].[Mg+2]. The first-order valence-electron chi connectivity index (χ1n) is 11.1. The molecule has 2 aromatic heterocycles. The number of nitrogens with zero attached hydrogens (tertiary/aromatic N) is 2. The maximum Gasteiger partial charge on any atom is 2.00 e. The van der Waals surface area contributed by atoms with Crippen LogP contribution in [0.2, 0.25) is 0 Å². The maximum atomic E-state index is 10.9. The molecule has 23 heteroatoms. The first-order chi connectivity index (χ1) is 19.3. The van der Waals surface area contributed by atoms with Gasteiger partial charge in [-0.25, -0.2) is 13.9 Å². The minimum absolute atomic E-state index is 0. The number of pyridine rings is 2. The molecule has 0 aliphatic carbocycles. The van der Waals surface area contributed by atoms with Crippen LogP contribution in [0.3, 0.4) is 0 Å². The van der Waals surface area contributed by atoms with Crippen LogP contribution in [0.5, 0.6) is 11.5 Å². The number of aldehydes is 2. The summed E-state index contributed by atoms with van der Waals surface area (Å²) in [6, 6.07) is -1.54. The standard InChI is InChI=1S/2C8H9NO3.C5H11NO10P2.2Mg.4H/c2*1-5-8(12)7(4-11)6(3-10)2-9-5;6-3(5(8)16-18(12,13)14)1-2-4(7)15-17(9,10)11;;;;;;/h2*2,4,10,12H,3H2,1H3;3H,1-2,6H2,(H2,9,10,11)(H2,12,13,14);;;;;;/q;;;2*+2;4*-1/t;;3-;;;;;;/m..0....../s1. The molecule has 2 heterocycles. The summed E-state index contributed by atoms with van der Waals surface area (Å²) in [5, 5.41) is 36.1. The van der Waals surface area contributed by atoms with E-state index in [1.165, 1.54) is 12.4 Å². The summed E-state index contributed by atoms with van der Waals surface area (Å²) in [5.41, 5.74) is 6.80. The summed E-state index contributed by atoms with van der Waals surface area (Å²) in [5.74, 6) is -3.08. The molecule has 0 fully saturated rings. The molecular formula is C21H33Mg2N3O16P2. The normalized spacial score (nSPS) is 11.0. The number of phosphoric ester groups is 2.